The van der Waals surface area contributed by atoms with Crippen LogP contribution in [0.2, 0.25) is 0 Å². The number of nitrogens with one attached hydrogen (secondary N) is 2. The van der Waals surface area contributed by atoms with Gasteiger partial charge in [0.2, 0.25) is 0 Å². The molecule has 1 aromatic rings. The summed E-state index contributed by atoms with van der Waals surface area (Å²) in [4.78, 5) is 11.1. The molecule has 0 fully saturated rings. The first-order valence-electron chi connectivity index (χ1n) is 6.32. The van der Waals surface area contributed by atoms with Crippen molar-refractivity contribution in [3.63, 3.8) is 0 Å². The molecule has 0 saturated heterocycles. The zero-order chi connectivity index (χ0) is 15.0. The number of rotatable bonds is 8. The lowest BCUT2D eigenvalue weighted by Gasteiger charge is -2.20. The summed E-state index contributed by atoms with van der Waals surface area (Å²) < 4.78 is 5.29. The minimum Gasteiger partial charge on any atom is -0.483 e. The van der Waals surface area contributed by atoms with E-state index in [1.54, 1.807) is 31.3 Å². The molecule has 0 saturated carbocycles. The number of para-hydroxylation sites is 1. The number of hydrogen-bond donors (Lipinski definition) is 5. The molecule has 0 aliphatic heterocycles. The van der Waals surface area contributed by atoms with E-state index in [-0.39, 0.29) is 6.61 Å². The van der Waals surface area contributed by atoms with Crippen LogP contribution < -0.4 is 21.3 Å². The quantitative estimate of drug-likeness (QED) is 0.239. The Morgan fingerprint density at radius 3 is 2.75 bits per heavy atom. The Morgan fingerprint density at radius 1 is 1.40 bits per heavy atom. The third-order valence-electron chi connectivity index (χ3n) is 2.81. The van der Waals surface area contributed by atoms with Crippen LogP contribution >= 0.6 is 0 Å². The van der Waals surface area contributed by atoms with Crippen molar-refractivity contribution in [2.75, 3.05) is 20.2 Å². The van der Waals surface area contributed by atoms with Crippen LogP contribution in [0.4, 0.5) is 0 Å². The molecule has 1 amide bonds. The summed E-state index contributed by atoms with van der Waals surface area (Å²) in [6.07, 6.45) is -1.61. The van der Waals surface area contributed by atoms with Gasteiger partial charge >= 0.3 is 0 Å². The highest BCUT2D eigenvalue weighted by Crippen LogP contribution is 2.28. The van der Waals surface area contributed by atoms with E-state index >= 15 is 0 Å². The summed E-state index contributed by atoms with van der Waals surface area (Å²) in [6, 6.07) is 6.70. The van der Waals surface area contributed by atoms with Crippen LogP contribution in [0.5, 0.6) is 5.75 Å². The molecule has 0 radical (unpaired) electrons. The highest BCUT2D eigenvalue weighted by Gasteiger charge is 2.21. The minimum absolute atomic E-state index is 0.257. The highest BCUT2D eigenvalue weighted by atomic mass is 16.5. The number of ether oxygens (including phenoxy) is 1. The number of nitrogens with two attached hydrogens (primary N) is 1. The summed E-state index contributed by atoms with van der Waals surface area (Å²) in [5.74, 6) is 4.82. The molecule has 7 heteroatoms. The molecule has 20 heavy (non-hydrogen) atoms. The Balaban J connectivity index is 2.75. The topological polar surface area (TPSA) is 117 Å². The van der Waals surface area contributed by atoms with Crippen molar-refractivity contribution in [2.45, 2.75) is 18.6 Å². The van der Waals surface area contributed by atoms with Gasteiger partial charge in [-0.15, -0.1) is 0 Å². The van der Waals surface area contributed by atoms with Gasteiger partial charge in [0.05, 0.1) is 6.10 Å². The summed E-state index contributed by atoms with van der Waals surface area (Å²) >= 11 is 0. The lowest BCUT2D eigenvalue weighted by Crippen LogP contribution is -2.34. The number of carbonyl (C=O) groups excluding carboxylic acids is 1. The van der Waals surface area contributed by atoms with E-state index in [9.17, 15) is 15.0 Å². The monoisotopic (exact) mass is 283 g/mol. The third kappa shape index (κ3) is 4.78. The Morgan fingerprint density at radius 2 is 2.10 bits per heavy atom. The second kappa shape index (κ2) is 8.49. The van der Waals surface area contributed by atoms with Gasteiger partial charge in [0.15, 0.2) is 6.61 Å². The fourth-order valence-electron chi connectivity index (χ4n) is 1.70. The fraction of sp³-hybridized carbons (Fsp3) is 0.462. The normalized spacial score (nSPS) is 13.6. The molecule has 1 aromatic carbocycles. The second-order valence-corrected chi connectivity index (χ2v) is 4.30. The van der Waals surface area contributed by atoms with Crippen LogP contribution in [-0.4, -0.2) is 42.4 Å². The van der Waals surface area contributed by atoms with Crippen LogP contribution in [0.3, 0.4) is 0 Å². The molecular formula is C13H21N3O4. The van der Waals surface area contributed by atoms with Crippen molar-refractivity contribution >= 4 is 5.91 Å². The van der Waals surface area contributed by atoms with Crippen LogP contribution in [0.15, 0.2) is 24.3 Å². The summed E-state index contributed by atoms with van der Waals surface area (Å²) in [7, 11) is 1.77. The Hall–Kier alpha value is -1.67. The molecule has 7 nitrogen and oxygen atoms in total. The van der Waals surface area contributed by atoms with Gasteiger partial charge in [-0.05, 0) is 26.1 Å². The van der Waals surface area contributed by atoms with Crippen molar-refractivity contribution in [1.82, 2.24) is 10.7 Å². The first kappa shape index (κ1) is 16.4. The molecule has 0 aromatic heterocycles. The predicted molar refractivity (Wildman–Crippen MR) is 73.8 cm³/mol. The van der Waals surface area contributed by atoms with Gasteiger partial charge in [0.1, 0.15) is 11.9 Å². The van der Waals surface area contributed by atoms with E-state index in [0.717, 1.165) is 0 Å². The fourth-order valence-corrected chi connectivity index (χ4v) is 1.70. The van der Waals surface area contributed by atoms with Crippen molar-refractivity contribution < 1.29 is 19.7 Å². The minimum atomic E-state index is -1.08. The van der Waals surface area contributed by atoms with Gasteiger partial charge in [-0.1, -0.05) is 18.2 Å². The Kier molecular flexibility index (Phi) is 6.96. The van der Waals surface area contributed by atoms with Crippen molar-refractivity contribution in [2.24, 2.45) is 5.84 Å². The molecule has 0 bridgehead atoms. The third-order valence-corrected chi connectivity index (χ3v) is 2.81. The average Bonchev–Trinajstić information content (AvgIpc) is 2.49. The predicted octanol–water partition coefficient (Wildman–Crippen LogP) is -0.941. The van der Waals surface area contributed by atoms with Gasteiger partial charge in [0, 0.05) is 5.56 Å². The first-order valence-corrected chi connectivity index (χ1v) is 6.32. The molecule has 1 rings (SSSR count). The zero-order valence-corrected chi connectivity index (χ0v) is 11.4. The summed E-state index contributed by atoms with van der Waals surface area (Å²) in [5.41, 5.74) is 2.38. The van der Waals surface area contributed by atoms with E-state index in [1.165, 1.54) is 0 Å². The van der Waals surface area contributed by atoms with Gasteiger partial charge in [-0.3, -0.25) is 10.2 Å². The maximum absolute atomic E-state index is 11.1. The maximum Gasteiger partial charge on any atom is 0.271 e. The lowest BCUT2D eigenvalue weighted by atomic mass is 10.0. The van der Waals surface area contributed by atoms with Gasteiger partial charge < -0.3 is 20.3 Å². The average molecular weight is 283 g/mol. The van der Waals surface area contributed by atoms with E-state index in [2.05, 4.69) is 5.32 Å². The standard InChI is InChI=1S/C13H21N3O4/c1-15-7-6-10(17)13(19)9-4-2-3-5-11(9)20-8-12(18)16-14/h2-5,10,13,15,17,19H,6-8,14H2,1H3,(H,16,18). The zero-order valence-electron chi connectivity index (χ0n) is 11.4. The molecule has 112 valence electrons. The summed E-state index contributed by atoms with van der Waals surface area (Å²) in [6.45, 7) is 0.323. The molecule has 0 heterocycles. The van der Waals surface area contributed by atoms with E-state index in [1.807, 2.05) is 5.43 Å². The smallest absolute Gasteiger partial charge is 0.271 e. The highest BCUT2D eigenvalue weighted by molar-refractivity contribution is 5.76. The van der Waals surface area contributed by atoms with Crippen LogP contribution in [0.25, 0.3) is 0 Å². The number of aliphatic hydroxyl groups excluding tert-OH is 2. The molecule has 2 unspecified atom stereocenters. The van der Waals surface area contributed by atoms with Crippen LogP contribution in [-0.2, 0) is 4.79 Å². The number of hydrazine groups is 1. The Labute approximate surface area is 117 Å². The molecule has 0 spiro atoms. The largest absolute Gasteiger partial charge is 0.483 e. The van der Waals surface area contributed by atoms with E-state index in [4.69, 9.17) is 10.6 Å². The number of aliphatic hydroxyl groups is 2. The van der Waals surface area contributed by atoms with Crippen LogP contribution in [0, 0.1) is 0 Å². The molecule has 0 aliphatic rings. The molecule has 0 aliphatic carbocycles. The van der Waals surface area contributed by atoms with E-state index in [0.29, 0.717) is 24.3 Å². The van der Waals surface area contributed by atoms with Crippen molar-refractivity contribution in [3.05, 3.63) is 29.8 Å². The van der Waals surface area contributed by atoms with Gasteiger partial charge in [-0.2, -0.15) is 0 Å². The lowest BCUT2D eigenvalue weighted by molar-refractivity contribution is -0.123. The molecular weight excluding hydrogens is 262 g/mol. The number of amides is 1. The van der Waals surface area contributed by atoms with Crippen molar-refractivity contribution in [1.29, 1.82) is 0 Å². The second-order valence-electron chi connectivity index (χ2n) is 4.30. The van der Waals surface area contributed by atoms with Gasteiger partial charge in [-0.25, -0.2) is 5.84 Å². The van der Waals surface area contributed by atoms with Crippen molar-refractivity contribution in [3.8, 4) is 5.75 Å². The molecule has 6 N–H and O–H groups in total. The maximum atomic E-state index is 11.1. The SMILES string of the molecule is CNCCC(O)C(O)c1ccccc1OCC(=O)NN. The van der Waals surface area contributed by atoms with Gasteiger partial charge in [0.25, 0.3) is 5.91 Å². The first-order chi connectivity index (χ1) is 9.60. The number of hydrogen-bond acceptors (Lipinski definition) is 6. The molecule has 2 atom stereocenters. The summed E-state index contributed by atoms with van der Waals surface area (Å²) in [5, 5.41) is 22.9. The van der Waals surface area contributed by atoms with E-state index < -0.39 is 18.1 Å². The number of benzene rings is 1. The Bertz CT molecular complexity index is 428. The van der Waals surface area contributed by atoms with Crippen LogP contribution in [0.1, 0.15) is 18.1 Å². The number of carbonyl (C=O) groups is 1.